The van der Waals surface area contributed by atoms with Gasteiger partial charge < -0.3 is 9.55 Å². The molecule has 1 aliphatic carbocycles. The van der Waals surface area contributed by atoms with E-state index in [4.69, 9.17) is 12.2 Å². The highest BCUT2D eigenvalue weighted by Gasteiger charge is 2.37. The predicted molar refractivity (Wildman–Crippen MR) is 51.7 cm³/mol. The number of nitrogens with one attached hydrogen (secondary N) is 1. The first kappa shape index (κ1) is 8.05. The molecule has 1 N–H and O–H groups in total. The van der Waals surface area contributed by atoms with Crippen molar-refractivity contribution in [3.63, 3.8) is 0 Å². The van der Waals surface area contributed by atoms with Crippen LogP contribution in [0.4, 0.5) is 0 Å². The van der Waals surface area contributed by atoms with E-state index in [0.717, 1.165) is 11.3 Å². The number of hydrogen-bond acceptors (Lipinski definition) is 1. The van der Waals surface area contributed by atoms with Gasteiger partial charge in [0.25, 0.3) is 0 Å². The summed E-state index contributed by atoms with van der Waals surface area (Å²) in [7, 11) is 0. The lowest BCUT2D eigenvalue weighted by molar-refractivity contribution is 0.455. The van der Waals surface area contributed by atoms with Crippen LogP contribution in [0, 0.1) is 17.1 Å². The van der Waals surface area contributed by atoms with Gasteiger partial charge in [-0.2, -0.15) is 0 Å². The number of aryl methyl sites for hydroxylation is 1. The quantitative estimate of drug-likeness (QED) is 0.697. The van der Waals surface area contributed by atoms with Crippen LogP contribution in [0.3, 0.4) is 0 Å². The molecule has 12 heavy (non-hydrogen) atoms. The average molecular weight is 182 g/mol. The zero-order chi connectivity index (χ0) is 8.77. The molecule has 0 aromatic carbocycles. The molecule has 0 radical (unpaired) electrons. The topological polar surface area (TPSA) is 20.7 Å². The van der Waals surface area contributed by atoms with Gasteiger partial charge >= 0.3 is 0 Å². The van der Waals surface area contributed by atoms with E-state index in [1.807, 2.05) is 6.20 Å². The van der Waals surface area contributed by atoms with Gasteiger partial charge in [0.1, 0.15) is 0 Å². The zero-order valence-electron chi connectivity index (χ0n) is 7.55. The Hall–Kier alpha value is -0.570. The summed E-state index contributed by atoms with van der Waals surface area (Å²) in [6.45, 7) is 5.50. The van der Waals surface area contributed by atoms with Crippen molar-refractivity contribution in [2.75, 3.05) is 0 Å². The van der Waals surface area contributed by atoms with Gasteiger partial charge in [-0.15, -0.1) is 0 Å². The first-order chi connectivity index (χ1) is 5.61. The molecule has 0 unspecified atom stereocenters. The maximum absolute atomic E-state index is 5.18. The number of aromatic amines is 1. The van der Waals surface area contributed by atoms with E-state index >= 15 is 0 Å². The van der Waals surface area contributed by atoms with Gasteiger partial charge in [-0.3, -0.25) is 0 Å². The molecule has 1 saturated carbocycles. The summed E-state index contributed by atoms with van der Waals surface area (Å²) in [5.41, 5.74) is 1.78. The van der Waals surface area contributed by atoms with E-state index in [1.54, 1.807) is 0 Å². The molecule has 0 amide bonds. The SMILES string of the molecule is Cc1c[nH]c(=S)n1CC1(C)CC1. The van der Waals surface area contributed by atoms with E-state index in [1.165, 1.54) is 18.5 Å². The van der Waals surface area contributed by atoms with Crippen molar-refractivity contribution >= 4 is 12.2 Å². The van der Waals surface area contributed by atoms with Crippen molar-refractivity contribution in [1.29, 1.82) is 0 Å². The molecule has 0 atom stereocenters. The highest BCUT2D eigenvalue weighted by atomic mass is 32.1. The standard InChI is InChI=1S/C9H14N2S/c1-7-5-10-8(12)11(7)6-9(2)3-4-9/h5H,3-4,6H2,1-2H3,(H,10,12). The van der Waals surface area contributed by atoms with E-state index in [2.05, 4.69) is 23.4 Å². The van der Waals surface area contributed by atoms with Crippen molar-refractivity contribution in [3.05, 3.63) is 16.7 Å². The molecule has 66 valence electrons. The first-order valence-corrected chi connectivity index (χ1v) is 4.76. The van der Waals surface area contributed by atoms with Crippen molar-refractivity contribution < 1.29 is 0 Å². The second kappa shape index (κ2) is 2.46. The van der Waals surface area contributed by atoms with Crippen LogP contribution in [0.5, 0.6) is 0 Å². The summed E-state index contributed by atoms with van der Waals surface area (Å²) in [4.78, 5) is 3.07. The number of hydrogen-bond donors (Lipinski definition) is 1. The zero-order valence-corrected chi connectivity index (χ0v) is 8.37. The highest BCUT2D eigenvalue weighted by molar-refractivity contribution is 7.71. The highest BCUT2D eigenvalue weighted by Crippen LogP contribution is 2.46. The van der Waals surface area contributed by atoms with Gasteiger partial charge in [-0.25, -0.2) is 0 Å². The van der Waals surface area contributed by atoms with Gasteiger partial charge in [-0.1, -0.05) is 6.92 Å². The predicted octanol–water partition coefficient (Wildman–Crippen LogP) is 2.65. The Balaban J connectivity index is 2.27. The lowest BCUT2D eigenvalue weighted by Gasteiger charge is -2.10. The van der Waals surface area contributed by atoms with E-state index in [0.29, 0.717) is 5.41 Å². The van der Waals surface area contributed by atoms with Gasteiger partial charge in [0.15, 0.2) is 4.77 Å². The van der Waals surface area contributed by atoms with Gasteiger partial charge in [0, 0.05) is 18.4 Å². The summed E-state index contributed by atoms with van der Waals surface area (Å²) in [5.74, 6) is 0. The van der Waals surface area contributed by atoms with E-state index < -0.39 is 0 Å². The fourth-order valence-electron chi connectivity index (χ4n) is 1.43. The molecule has 3 heteroatoms. The normalized spacial score (nSPS) is 19.5. The van der Waals surface area contributed by atoms with Gasteiger partial charge in [0.2, 0.25) is 0 Å². The molecule has 1 aromatic rings. The lowest BCUT2D eigenvalue weighted by atomic mass is 10.1. The summed E-state index contributed by atoms with van der Waals surface area (Å²) in [6.07, 6.45) is 4.67. The maximum atomic E-state index is 5.18. The molecule has 0 bridgehead atoms. The minimum Gasteiger partial charge on any atom is -0.337 e. The smallest absolute Gasteiger partial charge is 0.177 e. The Kier molecular flexibility index (Phi) is 1.65. The number of nitrogens with zero attached hydrogens (tertiary/aromatic N) is 1. The van der Waals surface area contributed by atoms with Crippen LogP contribution in [0.1, 0.15) is 25.5 Å². The number of imidazole rings is 1. The molecule has 1 heterocycles. The molecule has 0 spiro atoms. The Labute approximate surface area is 77.6 Å². The first-order valence-electron chi connectivity index (χ1n) is 4.36. The molecule has 2 rings (SSSR count). The van der Waals surface area contributed by atoms with Gasteiger partial charge in [-0.05, 0) is 37.4 Å². The van der Waals surface area contributed by atoms with Crippen LogP contribution in [0.25, 0.3) is 0 Å². The molecule has 0 aliphatic heterocycles. The van der Waals surface area contributed by atoms with Crippen molar-refractivity contribution in [2.24, 2.45) is 5.41 Å². The van der Waals surface area contributed by atoms with Crippen LogP contribution in [0.2, 0.25) is 0 Å². The number of rotatable bonds is 2. The Bertz CT molecular complexity index is 344. The number of H-pyrrole nitrogens is 1. The van der Waals surface area contributed by atoms with Crippen LogP contribution in [-0.4, -0.2) is 9.55 Å². The summed E-state index contributed by atoms with van der Waals surface area (Å²) < 4.78 is 3.06. The third-order valence-electron chi connectivity index (χ3n) is 2.72. The summed E-state index contributed by atoms with van der Waals surface area (Å²) in [5, 5.41) is 0. The fraction of sp³-hybridized carbons (Fsp3) is 0.667. The summed E-state index contributed by atoms with van der Waals surface area (Å²) in [6, 6.07) is 0. The van der Waals surface area contributed by atoms with Crippen molar-refractivity contribution in [2.45, 2.75) is 33.2 Å². The molecular formula is C9H14N2S. The minimum absolute atomic E-state index is 0.533. The van der Waals surface area contributed by atoms with Crippen LogP contribution in [0.15, 0.2) is 6.20 Å². The molecule has 0 saturated heterocycles. The van der Waals surface area contributed by atoms with Gasteiger partial charge in [0.05, 0.1) is 0 Å². The molecule has 1 fully saturated rings. The maximum Gasteiger partial charge on any atom is 0.177 e. The molecule has 2 nitrogen and oxygen atoms in total. The lowest BCUT2D eigenvalue weighted by Crippen LogP contribution is -2.09. The second-order valence-corrected chi connectivity index (χ2v) is 4.52. The molecular weight excluding hydrogens is 168 g/mol. The third-order valence-corrected chi connectivity index (χ3v) is 3.06. The largest absolute Gasteiger partial charge is 0.337 e. The Morgan fingerprint density at radius 1 is 1.67 bits per heavy atom. The van der Waals surface area contributed by atoms with E-state index in [-0.39, 0.29) is 0 Å². The molecule has 1 aliphatic rings. The fourth-order valence-corrected chi connectivity index (χ4v) is 1.70. The van der Waals surface area contributed by atoms with Crippen LogP contribution in [-0.2, 0) is 6.54 Å². The monoisotopic (exact) mass is 182 g/mol. The van der Waals surface area contributed by atoms with Crippen LogP contribution >= 0.6 is 12.2 Å². The van der Waals surface area contributed by atoms with Crippen molar-refractivity contribution in [1.82, 2.24) is 9.55 Å². The van der Waals surface area contributed by atoms with Crippen molar-refractivity contribution in [3.8, 4) is 0 Å². The Morgan fingerprint density at radius 2 is 2.33 bits per heavy atom. The summed E-state index contributed by atoms with van der Waals surface area (Å²) >= 11 is 5.18. The van der Waals surface area contributed by atoms with Crippen LogP contribution < -0.4 is 0 Å². The van der Waals surface area contributed by atoms with E-state index in [9.17, 15) is 0 Å². The average Bonchev–Trinajstić information content (AvgIpc) is 2.67. The Morgan fingerprint density at radius 3 is 2.75 bits per heavy atom. The minimum atomic E-state index is 0.533. The molecule has 1 aromatic heterocycles. The second-order valence-electron chi connectivity index (χ2n) is 4.13. The third kappa shape index (κ3) is 1.33. The number of aromatic nitrogens is 2.